The first-order valence-corrected chi connectivity index (χ1v) is 9.33. The van der Waals surface area contributed by atoms with Gasteiger partial charge in [-0.15, -0.1) is 0 Å². The number of anilines is 1. The van der Waals surface area contributed by atoms with Gasteiger partial charge in [-0.3, -0.25) is 9.48 Å². The van der Waals surface area contributed by atoms with Crippen molar-refractivity contribution in [3.63, 3.8) is 0 Å². The standard InChI is InChI=1S/C21H19ClN4O2/c1-14-4-2-3-5-16(14)12-26-13-18(11-23-26)24-21(27)20-10-19(25-28-20)15-6-8-17(22)9-7-15/h2-9,11,13,20H,10,12H2,1H3,(H,24,27)/t20-/m1/s1. The molecule has 0 unspecified atom stereocenters. The molecule has 1 aliphatic heterocycles. The van der Waals surface area contributed by atoms with E-state index in [-0.39, 0.29) is 5.91 Å². The molecule has 0 radical (unpaired) electrons. The molecular weight excluding hydrogens is 376 g/mol. The van der Waals surface area contributed by atoms with Gasteiger partial charge in [-0.1, -0.05) is 53.2 Å². The van der Waals surface area contributed by atoms with E-state index in [1.54, 1.807) is 29.2 Å². The van der Waals surface area contributed by atoms with Crippen LogP contribution in [0, 0.1) is 6.92 Å². The second-order valence-electron chi connectivity index (χ2n) is 6.69. The summed E-state index contributed by atoms with van der Waals surface area (Å²) >= 11 is 5.91. The summed E-state index contributed by atoms with van der Waals surface area (Å²) in [5.41, 5.74) is 4.64. The van der Waals surface area contributed by atoms with E-state index >= 15 is 0 Å². The molecule has 0 spiro atoms. The summed E-state index contributed by atoms with van der Waals surface area (Å²) in [7, 11) is 0. The van der Waals surface area contributed by atoms with E-state index in [0.29, 0.717) is 23.7 Å². The minimum Gasteiger partial charge on any atom is -0.382 e. The zero-order valence-corrected chi connectivity index (χ0v) is 16.1. The van der Waals surface area contributed by atoms with Crippen molar-refractivity contribution in [1.82, 2.24) is 9.78 Å². The van der Waals surface area contributed by atoms with E-state index in [2.05, 4.69) is 34.6 Å². The molecule has 1 aliphatic rings. The Hall–Kier alpha value is -3.12. The molecule has 28 heavy (non-hydrogen) atoms. The summed E-state index contributed by atoms with van der Waals surface area (Å²) in [6, 6.07) is 15.4. The van der Waals surface area contributed by atoms with E-state index in [1.807, 2.05) is 24.3 Å². The monoisotopic (exact) mass is 394 g/mol. The fraction of sp³-hybridized carbons (Fsp3) is 0.190. The van der Waals surface area contributed by atoms with Gasteiger partial charge in [-0.05, 0) is 35.7 Å². The number of oxime groups is 1. The van der Waals surface area contributed by atoms with Gasteiger partial charge in [-0.25, -0.2) is 0 Å². The number of rotatable bonds is 5. The molecule has 0 bridgehead atoms. The average molecular weight is 395 g/mol. The molecule has 4 rings (SSSR count). The zero-order chi connectivity index (χ0) is 19.5. The molecule has 3 aromatic rings. The van der Waals surface area contributed by atoms with Gasteiger partial charge in [0.15, 0.2) is 0 Å². The summed E-state index contributed by atoms with van der Waals surface area (Å²) in [4.78, 5) is 17.8. The predicted octanol–water partition coefficient (Wildman–Crippen LogP) is 4.02. The summed E-state index contributed by atoms with van der Waals surface area (Å²) in [6.45, 7) is 2.71. The van der Waals surface area contributed by atoms with Crippen LogP contribution in [0.3, 0.4) is 0 Å². The Kier molecular flexibility index (Phi) is 5.12. The normalized spacial score (nSPS) is 15.8. The van der Waals surface area contributed by atoms with E-state index in [0.717, 1.165) is 11.3 Å². The lowest BCUT2D eigenvalue weighted by atomic mass is 10.0. The molecule has 2 heterocycles. The van der Waals surface area contributed by atoms with Crippen LogP contribution < -0.4 is 5.32 Å². The lowest BCUT2D eigenvalue weighted by Crippen LogP contribution is -2.27. The summed E-state index contributed by atoms with van der Waals surface area (Å²) in [6.07, 6.45) is 3.18. The minimum atomic E-state index is -0.662. The van der Waals surface area contributed by atoms with Crippen LogP contribution in [-0.2, 0) is 16.2 Å². The van der Waals surface area contributed by atoms with E-state index in [1.165, 1.54) is 11.1 Å². The maximum absolute atomic E-state index is 12.5. The zero-order valence-electron chi connectivity index (χ0n) is 15.3. The van der Waals surface area contributed by atoms with Gasteiger partial charge in [0, 0.05) is 17.6 Å². The number of halogens is 1. The molecule has 2 aromatic carbocycles. The van der Waals surface area contributed by atoms with Crippen LogP contribution in [0.25, 0.3) is 0 Å². The van der Waals surface area contributed by atoms with Crippen LogP contribution in [0.5, 0.6) is 0 Å². The second kappa shape index (κ2) is 7.86. The number of aryl methyl sites for hydroxylation is 1. The van der Waals surface area contributed by atoms with Gasteiger partial charge in [0.25, 0.3) is 5.91 Å². The molecule has 0 fully saturated rings. The first-order chi connectivity index (χ1) is 13.6. The Bertz CT molecular complexity index is 1030. The van der Waals surface area contributed by atoms with Gasteiger partial charge < -0.3 is 10.2 Å². The summed E-state index contributed by atoms with van der Waals surface area (Å²) in [5, 5.41) is 11.9. The number of aromatic nitrogens is 2. The summed E-state index contributed by atoms with van der Waals surface area (Å²) < 4.78 is 1.79. The molecule has 0 saturated carbocycles. The van der Waals surface area contributed by atoms with E-state index < -0.39 is 6.10 Å². The Balaban J connectivity index is 1.35. The van der Waals surface area contributed by atoms with Crippen molar-refractivity contribution in [2.24, 2.45) is 5.16 Å². The maximum atomic E-state index is 12.5. The lowest BCUT2D eigenvalue weighted by molar-refractivity contribution is -0.125. The largest absolute Gasteiger partial charge is 0.382 e. The number of hydrogen-bond acceptors (Lipinski definition) is 4. The Labute approximate surface area is 167 Å². The molecule has 7 heteroatoms. The molecule has 1 N–H and O–H groups in total. The Morgan fingerprint density at radius 3 is 2.82 bits per heavy atom. The highest BCUT2D eigenvalue weighted by Crippen LogP contribution is 2.20. The van der Waals surface area contributed by atoms with Crippen LogP contribution in [0.2, 0.25) is 5.02 Å². The van der Waals surface area contributed by atoms with Crippen LogP contribution in [0.4, 0.5) is 5.69 Å². The predicted molar refractivity (Wildman–Crippen MR) is 109 cm³/mol. The van der Waals surface area contributed by atoms with Crippen LogP contribution >= 0.6 is 11.6 Å². The number of nitrogens with one attached hydrogen (secondary N) is 1. The van der Waals surface area contributed by atoms with Crippen LogP contribution in [-0.4, -0.2) is 27.5 Å². The molecule has 1 atom stereocenters. The average Bonchev–Trinajstić information content (AvgIpc) is 3.34. The van der Waals surface area contributed by atoms with Crippen molar-refractivity contribution in [3.05, 3.63) is 82.6 Å². The van der Waals surface area contributed by atoms with Gasteiger partial charge in [0.2, 0.25) is 6.10 Å². The molecule has 1 amide bonds. The van der Waals surface area contributed by atoms with Crippen molar-refractivity contribution in [1.29, 1.82) is 0 Å². The summed E-state index contributed by atoms with van der Waals surface area (Å²) in [5.74, 6) is -0.247. The third kappa shape index (κ3) is 4.07. The number of hydrogen-bond donors (Lipinski definition) is 1. The third-order valence-corrected chi connectivity index (χ3v) is 4.89. The fourth-order valence-corrected chi connectivity index (χ4v) is 3.16. The number of carbonyl (C=O) groups excluding carboxylic acids is 1. The van der Waals surface area contributed by atoms with Gasteiger partial charge in [0.1, 0.15) is 0 Å². The molecule has 0 aliphatic carbocycles. The number of nitrogens with zero attached hydrogens (tertiary/aromatic N) is 3. The topological polar surface area (TPSA) is 68.5 Å². The molecule has 1 aromatic heterocycles. The van der Waals surface area contributed by atoms with Crippen molar-refractivity contribution < 1.29 is 9.63 Å². The van der Waals surface area contributed by atoms with Gasteiger partial charge in [0.05, 0.1) is 24.1 Å². The number of carbonyl (C=O) groups is 1. The lowest BCUT2D eigenvalue weighted by Gasteiger charge is -2.08. The minimum absolute atomic E-state index is 0.247. The van der Waals surface area contributed by atoms with Gasteiger partial charge in [-0.2, -0.15) is 5.10 Å². The molecule has 0 saturated heterocycles. The fourth-order valence-electron chi connectivity index (χ4n) is 3.03. The maximum Gasteiger partial charge on any atom is 0.268 e. The highest BCUT2D eigenvalue weighted by atomic mass is 35.5. The SMILES string of the molecule is Cc1ccccc1Cn1cc(NC(=O)[C@H]2CC(c3ccc(Cl)cc3)=NO2)cn1. The molecular formula is C21H19ClN4O2. The Morgan fingerprint density at radius 1 is 1.25 bits per heavy atom. The third-order valence-electron chi connectivity index (χ3n) is 4.63. The number of benzene rings is 2. The van der Waals surface area contributed by atoms with Crippen molar-refractivity contribution in [2.75, 3.05) is 5.32 Å². The molecule has 142 valence electrons. The Morgan fingerprint density at radius 2 is 2.04 bits per heavy atom. The van der Waals surface area contributed by atoms with Crippen molar-refractivity contribution >= 4 is 28.9 Å². The van der Waals surface area contributed by atoms with E-state index in [4.69, 9.17) is 16.4 Å². The quantitative estimate of drug-likeness (QED) is 0.710. The van der Waals surface area contributed by atoms with Crippen LogP contribution in [0.15, 0.2) is 66.1 Å². The number of amides is 1. The van der Waals surface area contributed by atoms with Crippen LogP contribution in [0.1, 0.15) is 23.1 Å². The van der Waals surface area contributed by atoms with Crippen molar-refractivity contribution in [3.8, 4) is 0 Å². The first kappa shape index (κ1) is 18.3. The highest BCUT2D eigenvalue weighted by molar-refractivity contribution is 6.30. The molecule has 6 nitrogen and oxygen atoms in total. The highest BCUT2D eigenvalue weighted by Gasteiger charge is 2.29. The smallest absolute Gasteiger partial charge is 0.268 e. The second-order valence-corrected chi connectivity index (χ2v) is 7.12. The first-order valence-electron chi connectivity index (χ1n) is 8.95. The van der Waals surface area contributed by atoms with Gasteiger partial charge >= 0.3 is 0 Å². The van der Waals surface area contributed by atoms with E-state index in [9.17, 15) is 4.79 Å². The van der Waals surface area contributed by atoms with Crippen molar-refractivity contribution in [2.45, 2.75) is 26.0 Å².